The van der Waals surface area contributed by atoms with Gasteiger partial charge in [0, 0.05) is 5.56 Å². The second-order valence-electron chi connectivity index (χ2n) is 5.04. The van der Waals surface area contributed by atoms with E-state index < -0.39 is 29.3 Å². The Kier molecular flexibility index (Phi) is 4.79. The molecular weight excluding hydrogens is 355 g/mol. The first-order valence-corrected chi connectivity index (χ1v) is 6.73. The van der Waals surface area contributed by atoms with E-state index in [0.717, 1.165) is 12.1 Å². The van der Waals surface area contributed by atoms with Gasteiger partial charge in [-0.3, -0.25) is 0 Å². The number of oxime groups is 1. The van der Waals surface area contributed by atoms with Gasteiger partial charge in [0.25, 0.3) is 0 Å². The van der Waals surface area contributed by atoms with Crippen molar-refractivity contribution >= 4 is 5.71 Å². The highest BCUT2D eigenvalue weighted by Gasteiger charge is 2.75. The fraction of sp³-hybridized carbons (Fsp3) is 0.188. The van der Waals surface area contributed by atoms with E-state index in [1.165, 1.54) is 12.1 Å². The summed E-state index contributed by atoms with van der Waals surface area (Å²) in [5.74, 6) is -12.2. The number of nitrogens with zero attached hydrogens (tertiary/aromatic N) is 1. The second kappa shape index (κ2) is 6.38. The third-order valence-electron chi connectivity index (χ3n) is 3.41. The highest BCUT2D eigenvalue weighted by atomic mass is 19.4. The molecule has 134 valence electrons. The van der Waals surface area contributed by atoms with E-state index in [0.29, 0.717) is 11.1 Å². The molecule has 2 aromatic rings. The number of alkyl halides is 7. The van der Waals surface area contributed by atoms with Crippen LogP contribution in [0.15, 0.2) is 59.8 Å². The molecule has 1 N–H and O–H groups in total. The van der Waals surface area contributed by atoms with Crippen LogP contribution in [0.1, 0.15) is 5.56 Å². The van der Waals surface area contributed by atoms with E-state index in [2.05, 4.69) is 0 Å². The van der Waals surface area contributed by atoms with E-state index in [-0.39, 0.29) is 0 Å². The molecule has 0 amide bonds. The van der Waals surface area contributed by atoms with Crippen LogP contribution in [0.2, 0.25) is 0 Å². The molecule has 0 saturated heterocycles. The third kappa shape index (κ3) is 3.31. The van der Waals surface area contributed by atoms with Crippen LogP contribution in [-0.4, -0.2) is 28.9 Å². The minimum Gasteiger partial charge on any atom is -0.410 e. The molecule has 0 spiro atoms. The Hall–Kier alpha value is -2.58. The number of hydrogen-bond donors (Lipinski definition) is 1. The Labute approximate surface area is 137 Å². The van der Waals surface area contributed by atoms with Gasteiger partial charge in [-0.2, -0.15) is 30.7 Å². The quantitative estimate of drug-likeness (QED) is 0.336. The predicted octanol–water partition coefficient (Wildman–Crippen LogP) is 5.36. The largest absolute Gasteiger partial charge is 0.460 e. The predicted molar refractivity (Wildman–Crippen MR) is 76.2 cm³/mol. The molecule has 0 aromatic heterocycles. The number of hydrogen-bond acceptors (Lipinski definition) is 2. The molecule has 0 aliphatic rings. The maximum absolute atomic E-state index is 13.7. The van der Waals surface area contributed by atoms with Gasteiger partial charge in [0.05, 0.1) is 0 Å². The van der Waals surface area contributed by atoms with Gasteiger partial charge in [-0.05, 0) is 11.1 Å². The summed E-state index contributed by atoms with van der Waals surface area (Å²) in [6.07, 6.45) is -6.52. The van der Waals surface area contributed by atoms with Gasteiger partial charge in [0.2, 0.25) is 0 Å². The monoisotopic (exact) mass is 365 g/mol. The van der Waals surface area contributed by atoms with Crippen LogP contribution in [0, 0.1) is 0 Å². The summed E-state index contributed by atoms with van der Waals surface area (Å²) in [5.41, 5.74) is -1.66. The molecule has 0 saturated carbocycles. The van der Waals surface area contributed by atoms with E-state index in [4.69, 9.17) is 5.21 Å². The molecule has 9 heteroatoms. The lowest BCUT2D eigenvalue weighted by Crippen LogP contribution is -2.56. The van der Waals surface area contributed by atoms with Crippen LogP contribution in [0.3, 0.4) is 0 Å². The number of halogens is 7. The van der Waals surface area contributed by atoms with Gasteiger partial charge in [-0.15, -0.1) is 0 Å². The summed E-state index contributed by atoms with van der Waals surface area (Å²) < 4.78 is 90.4. The fourth-order valence-electron chi connectivity index (χ4n) is 2.08. The number of benzene rings is 2. The van der Waals surface area contributed by atoms with E-state index in [1.807, 2.05) is 5.16 Å². The minimum atomic E-state index is -6.52. The van der Waals surface area contributed by atoms with Crippen molar-refractivity contribution in [3.05, 3.63) is 60.2 Å². The molecule has 2 aromatic carbocycles. The average molecular weight is 365 g/mol. The van der Waals surface area contributed by atoms with Crippen LogP contribution in [0.4, 0.5) is 30.7 Å². The molecule has 2 rings (SSSR count). The maximum Gasteiger partial charge on any atom is 0.460 e. The highest BCUT2D eigenvalue weighted by Crippen LogP contribution is 2.48. The smallest absolute Gasteiger partial charge is 0.410 e. The van der Waals surface area contributed by atoms with Crippen LogP contribution in [-0.2, 0) is 0 Å². The van der Waals surface area contributed by atoms with Crippen molar-refractivity contribution < 1.29 is 35.9 Å². The van der Waals surface area contributed by atoms with Crippen molar-refractivity contribution in [2.45, 2.75) is 18.0 Å². The molecule has 0 aliphatic carbocycles. The summed E-state index contributed by atoms with van der Waals surface area (Å²) in [7, 11) is 0. The van der Waals surface area contributed by atoms with Crippen LogP contribution in [0.5, 0.6) is 0 Å². The van der Waals surface area contributed by atoms with E-state index in [1.54, 1.807) is 30.3 Å². The van der Waals surface area contributed by atoms with Gasteiger partial charge in [0.1, 0.15) is 0 Å². The Morgan fingerprint density at radius 2 is 1.20 bits per heavy atom. The first-order valence-electron chi connectivity index (χ1n) is 6.73. The zero-order valence-corrected chi connectivity index (χ0v) is 12.2. The average Bonchev–Trinajstić information content (AvgIpc) is 2.55. The maximum atomic E-state index is 13.7. The molecule has 0 fully saturated rings. The van der Waals surface area contributed by atoms with Gasteiger partial charge < -0.3 is 5.21 Å². The van der Waals surface area contributed by atoms with Gasteiger partial charge >= 0.3 is 18.0 Å². The van der Waals surface area contributed by atoms with Crippen molar-refractivity contribution in [1.82, 2.24) is 0 Å². The Morgan fingerprint density at radius 1 is 0.720 bits per heavy atom. The highest BCUT2D eigenvalue weighted by molar-refractivity contribution is 6.06. The van der Waals surface area contributed by atoms with Crippen molar-refractivity contribution in [2.75, 3.05) is 0 Å². The second-order valence-corrected chi connectivity index (χ2v) is 5.04. The molecule has 0 heterocycles. The first-order chi connectivity index (χ1) is 11.5. The Balaban J connectivity index is 2.42. The SMILES string of the molecule is O/N=C(/c1ccc(-c2ccccc2)cc1)C(F)(F)C(F)(F)C(F)(F)F. The molecular formula is C16H10F7NO. The van der Waals surface area contributed by atoms with Crippen molar-refractivity contribution in [1.29, 1.82) is 0 Å². The molecule has 0 unspecified atom stereocenters. The lowest BCUT2D eigenvalue weighted by molar-refractivity contribution is -0.336. The zero-order chi connectivity index (χ0) is 18.9. The summed E-state index contributed by atoms with van der Waals surface area (Å²) in [6, 6.07) is 12.7. The summed E-state index contributed by atoms with van der Waals surface area (Å²) in [4.78, 5) is 0. The lowest BCUT2D eigenvalue weighted by atomic mass is 9.96. The van der Waals surface area contributed by atoms with Gasteiger partial charge in [-0.1, -0.05) is 59.8 Å². The molecule has 0 aliphatic heterocycles. The minimum absolute atomic E-state index is 0.507. The van der Waals surface area contributed by atoms with Gasteiger partial charge in [0.15, 0.2) is 5.71 Å². The third-order valence-corrected chi connectivity index (χ3v) is 3.41. The first kappa shape index (κ1) is 18.8. The van der Waals surface area contributed by atoms with E-state index in [9.17, 15) is 30.7 Å². The Morgan fingerprint density at radius 3 is 1.64 bits per heavy atom. The molecule has 25 heavy (non-hydrogen) atoms. The van der Waals surface area contributed by atoms with Crippen LogP contribution >= 0.6 is 0 Å². The lowest BCUT2D eigenvalue weighted by Gasteiger charge is -2.28. The van der Waals surface area contributed by atoms with Crippen LogP contribution < -0.4 is 0 Å². The fourth-order valence-corrected chi connectivity index (χ4v) is 2.08. The van der Waals surface area contributed by atoms with Crippen molar-refractivity contribution in [3.63, 3.8) is 0 Å². The van der Waals surface area contributed by atoms with Crippen molar-refractivity contribution in [2.24, 2.45) is 5.16 Å². The summed E-state index contributed by atoms with van der Waals surface area (Å²) in [5, 5.41) is 10.6. The Bertz CT molecular complexity index is 752. The summed E-state index contributed by atoms with van der Waals surface area (Å²) in [6.45, 7) is 0. The standard InChI is InChI=1S/C16H10F7NO/c17-14(18,15(19,20)16(21,22)23)13(24-25)12-8-6-11(7-9-12)10-4-2-1-3-5-10/h1-9,25H/b24-13-. The molecule has 0 bridgehead atoms. The normalized spacial score (nSPS) is 13.8. The van der Waals surface area contributed by atoms with E-state index >= 15 is 0 Å². The topological polar surface area (TPSA) is 32.6 Å². The van der Waals surface area contributed by atoms with Crippen molar-refractivity contribution in [3.8, 4) is 11.1 Å². The molecule has 0 radical (unpaired) electrons. The zero-order valence-electron chi connectivity index (χ0n) is 12.2. The molecule has 2 nitrogen and oxygen atoms in total. The van der Waals surface area contributed by atoms with Crippen LogP contribution in [0.25, 0.3) is 11.1 Å². The van der Waals surface area contributed by atoms with Gasteiger partial charge in [-0.25, -0.2) is 0 Å². The number of rotatable bonds is 4. The summed E-state index contributed by atoms with van der Waals surface area (Å²) >= 11 is 0. The molecule has 0 atom stereocenters.